The largest absolute Gasteiger partial charge is 0.454 e. The number of ether oxygens (including phenoxy) is 2. The number of hydrogen-bond acceptors (Lipinski definition) is 3. The van der Waals surface area contributed by atoms with Crippen LogP contribution in [0.2, 0.25) is 0 Å². The summed E-state index contributed by atoms with van der Waals surface area (Å²) in [5.74, 6) is 1.60. The van der Waals surface area contributed by atoms with Gasteiger partial charge in [-0.1, -0.05) is 66.7 Å². The molecule has 3 heteroatoms. The topological polar surface area (TPSA) is 21.7 Å². The SMILES string of the molecule is C(=C\c1ccc2c(c1)OCO2)/c1ccc(N(c2ccccc2)c2ccccc2)cc1. The molecule has 5 rings (SSSR count). The van der Waals surface area contributed by atoms with Gasteiger partial charge >= 0.3 is 0 Å². The lowest BCUT2D eigenvalue weighted by atomic mass is 10.1. The van der Waals surface area contributed by atoms with Crippen molar-refractivity contribution >= 4 is 29.2 Å². The van der Waals surface area contributed by atoms with Crippen LogP contribution in [0.25, 0.3) is 12.2 Å². The molecule has 0 saturated carbocycles. The van der Waals surface area contributed by atoms with Crippen LogP contribution < -0.4 is 14.4 Å². The molecule has 0 atom stereocenters. The van der Waals surface area contributed by atoms with Crippen molar-refractivity contribution in [2.24, 2.45) is 0 Å². The monoisotopic (exact) mass is 391 g/mol. The molecular formula is C27H21NO2. The van der Waals surface area contributed by atoms with Crippen molar-refractivity contribution in [3.63, 3.8) is 0 Å². The summed E-state index contributed by atoms with van der Waals surface area (Å²) in [4.78, 5) is 2.26. The molecule has 0 spiro atoms. The van der Waals surface area contributed by atoms with Crippen molar-refractivity contribution in [3.05, 3.63) is 114 Å². The Bertz CT molecular complexity index is 1110. The van der Waals surface area contributed by atoms with Crippen LogP contribution in [0.15, 0.2) is 103 Å². The van der Waals surface area contributed by atoms with Gasteiger partial charge in [-0.25, -0.2) is 0 Å². The van der Waals surface area contributed by atoms with Crippen molar-refractivity contribution < 1.29 is 9.47 Å². The lowest BCUT2D eigenvalue weighted by Crippen LogP contribution is -2.09. The predicted molar refractivity (Wildman–Crippen MR) is 123 cm³/mol. The fraction of sp³-hybridized carbons (Fsp3) is 0.0370. The van der Waals surface area contributed by atoms with Gasteiger partial charge in [0.25, 0.3) is 0 Å². The fourth-order valence-electron chi connectivity index (χ4n) is 3.55. The number of anilines is 3. The summed E-state index contributed by atoms with van der Waals surface area (Å²) in [6.07, 6.45) is 4.19. The zero-order valence-corrected chi connectivity index (χ0v) is 16.4. The summed E-state index contributed by atoms with van der Waals surface area (Å²) < 4.78 is 10.8. The molecule has 1 heterocycles. The number of rotatable bonds is 5. The van der Waals surface area contributed by atoms with Gasteiger partial charge in [0.1, 0.15) is 0 Å². The average Bonchev–Trinajstić information content (AvgIpc) is 3.28. The second-order valence-corrected chi connectivity index (χ2v) is 7.04. The summed E-state index contributed by atoms with van der Waals surface area (Å²) in [6, 6.07) is 35.4. The third-order valence-corrected chi connectivity index (χ3v) is 5.04. The van der Waals surface area contributed by atoms with E-state index in [-0.39, 0.29) is 0 Å². The molecule has 30 heavy (non-hydrogen) atoms. The zero-order valence-electron chi connectivity index (χ0n) is 16.4. The van der Waals surface area contributed by atoms with Crippen molar-refractivity contribution in [3.8, 4) is 11.5 Å². The van der Waals surface area contributed by atoms with E-state index in [1.165, 1.54) is 0 Å². The summed E-state index contributed by atoms with van der Waals surface area (Å²) in [5.41, 5.74) is 5.60. The minimum absolute atomic E-state index is 0.295. The number of para-hydroxylation sites is 2. The third kappa shape index (κ3) is 3.78. The third-order valence-electron chi connectivity index (χ3n) is 5.04. The maximum absolute atomic E-state index is 5.46. The Morgan fingerprint density at radius 2 is 1.07 bits per heavy atom. The number of nitrogens with zero attached hydrogens (tertiary/aromatic N) is 1. The molecule has 0 N–H and O–H groups in total. The quantitative estimate of drug-likeness (QED) is 0.340. The Hall–Kier alpha value is -3.98. The van der Waals surface area contributed by atoms with E-state index in [0.29, 0.717) is 6.79 Å². The van der Waals surface area contributed by atoms with Gasteiger partial charge in [-0.2, -0.15) is 0 Å². The number of fused-ring (bicyclic) bond motifs is 1. The highest BCUT2D eigenvalue weighted by molar-refractivity contribution is 5.78. The van der Waals surface area contributed by atoms with E-state index in [1.807, 2.05) is 30.3 Å². The Kier molecular flexibility index (Phi) is 4.93. The fourth-order valence-corrected chi connectivity index (χ4v) is 3.55. The average molecular weight is 391 g/mol. The zero-order chi connectivity index (χ0) is 20.2. The van der Waals surface area contributed by atoms with E-state index in [2.05, 4.69) is 89.8 Å². The van der Waals surface area contributed by atoms with E-state index in [1.54, 1.807) is 0 Å². The first-order chi connectivity index (χ1) is 14.9. The van der Waals surface area contributed by atoms with Crippen molar-refractivity contribution in [1.29, 1.82) is 0 Å². The minimum atomic E-state index is 0.295. The molecule has 0 unspecified atom stereocenters. The molecule has 0 bridgehead atoms. The van der Waals surface area contributed by atoms with Gasteiger partial charge in [0.15, 0.2) is 11.5 Å². The molecule has 1 aliphatic heterocycles. The highest BCUT2D eigenvalue weighted by atomic mass is 16.7. The van der Waals surface area contributed by atoms with Gasteiger partial charge in [-0.05, 0) is 59.7 Å². The van der Waals surface area contributed by atoms with Crippen LogP contribution >= 0.6 is 0 Å². The van der Waals surface area contributed by atoms with Crippen LogP contribution in [-0.4, -0.2) is 6.79 Å². The van der Waals surface area contributed by atoms with Gasteiger partial charge in [0, 0.05) is 17.1 Å². The van der Waals surface area contributed by atoms with E-state index in [0.717, 1.165) is 39.7 Å². The van der Waals surface area contributed by atoms with Crippen LogP contribution in [0.3, 0.4) is 0 Å². The smallest absolute Gasteiger partial charge is 0.231 e. The second kappa shape index (κ2) is 8.18. The number of hydrogen-bond donors (Lipinski definition) is 0. The van der Waals surface area contributed by atoms with Gasteiger partial charge in [-0.3, -0.25) is 0 Å². The normalized spacial score (nSPS) is 12.3. The van der Waals surface area contributed by atoms with E-state index in [9.17, 15) is 0 Å². The van der Waals surface area contributed by atoms with E-state index < -0.39 is 0 Å². The van der Waals surface area contributed by atoms with E-state index >= 15 is 0 Å². The standard InChI is InChI=1S/C27H21NO2/c1-3-7-23(8-4-1)28(24-9-5-2-6-10-24)25-16-13-21(14-17-25)11-12-22-15-18-26-27(19-22)30-20-29-26/h1-19H,20H2/b12-11+. The first-order valence-corrected chi connectivity index (χ1v) is 9.95. The van der Waals surface area contributed by atoms with Crippen LogP contribution in [-0.2, 0) is 0 Å². The molecule has 4 aromatic rings. The van der Waals surface area contributed by atoms with Crippen LogP contribution in [0.1, 0.15) is 11.1 Å². The lowest BCUT2D eigenvalue weighted by Gasteiger charge is -2.25. The number of benzene rings is 4. The predicted octanol–water partition coefficient (Wildman–Crippen LogP) is 7.06. The highest BCUT2D eigenvalue weighted by Gasteiger charge is 2.13. The van der Waals surface area contributed by atoms with Crippen molar-refractivity contribution in [2.45, 2.75) is 0 Å². The molecule has 146 valence electrons. The second-order valence-electron chi connectivity index (χ2n) is 7.04. The maximum Gasteiger partial charge on any atom is 0.231 e. The summed E-state index contributed by atoms with van der Waals surface area (Å²) in [5, 5.41) is 0. The molecule has 0 saturated heterocycles. The molecule has 0 aliphatic carbocycles. The van der Waals surface area contributed by atoms with Gasteiger partial charge in [0.2, 0.25) is 6.79 Å². The molecule has 1 aliphatic rings. The van der Waals surface area contributed by atoms with Crippen LogP contribution in [0.4, 0.5) is 17.1 Å². The maximum atomic E-state index is 5.46. The Labute approximate surface area is 176 Å². The van der Waals surface area contributed by atoms with Crippen LogP contribution in [0.5, 0.6) is 11.5 Å². The Morgan fingerprint density at radius 3 is 1.73 bits per heavy atom. The van der Waals surface area contributed by atoms with Crippen molar-refractivity contribution in [1.82, 2.24) is 0 Å². The van der Waals surface area contributed by atoms with Gasteiger partial charge in [-0.15, -0.1) is 0 Å². The molecule has 3 nitrogen and oxygen atoms in total. The van der Waals surface area contributed by atoms with Crippen molar-refractivity contribution in [2.75, 3.05) is 11.7 Å². The molecule has 0 fully saturated rings. The molecular weight excluding hydrogens is 370 g/mol. The molecule has 0 radical (unpaired) electrons. The lowest BCUT2D eigenvalue weighted by molar-refractivity contribution is 0.174. The highest BCUT2D eigenvalue weighted by Crippen LogP contribution is 2.35. The molecule has 4 aromatic carbocycles. The first kappa shape index (κ1) is 18.1. The molecule has 0 amide bonds. The van der Waals surface area contributed by atoms with Gasteiger partial charge < -0.3 is 14.4 Å². The first-order valence-electron chi connectivity index (χ1n) is 9.95. The summed E-state index contributed by atoms with van der Waals surface area (Å²) in [6.45, 7) is 0.295. The Morgan fingerprint density at radius 1 is 0.533 bits per heavy atom. The minimum Gasteiger partial charge on any atom is -0.454 e. The summed E-state index contributed by atoms with van der Waals surface area (Å²) >= 11 is 0. The van der Waals surface area contributed by atoms with E-state index in [4.69, 9.17) is 9.47 Å². The van der Waals surface area contributed by atoms with Gasteiger partial charge in [0.05, 0.1) is 0 Å². The Balaban J connectivity index is 1.41. The summed E-state index contributed by atoms with van der Waals surface area (Å²) in [7, 11) is 0. The van der Waals surface area contributed by atoms with Crippen LogP contribution in [0, 0.1) is 0 Å². The molecule has 0 aromatic heterocycles.